The van der Waals surface area contributed by atoms with E-state index in [0.29, 0.717) is 13.0 Å². The van der Waals surface area contributed by atoms with E-state index in [1.165, 1.54) is 0 Å². The van der Waals surface area contributed by atoms with Crippen LogP contribution >= 0.6 is 0 Å². The number of hydrogen-bond donors (Lipinski definition) is 0. The molecule has 1 aliphatic heterocycles. The molecule has 0 aliphatic carbocycles. The first-order valence-electron chi connectivity index (χ1n) is 7.26. The maximum Gasteiger partial charge on any atom is 0.313 e. The summed E-state index contributed by atoms with van der Waals surface area (Å²) in [5, 5.41) is 0. The minimum atomic E-state index is -0.242. The first-order chi connectivity index (χ1) is 10.8. The van der Waals surface area contributed by atoms with E-state index in [1.54, 1.807) is 7.11 Å². The standard InChI is InChI=1S/C18H18O4/c1-20-16-8-6-13(7-9-16)11-22-18(19)15-10-14-4-2-3-5-17(14)21-12-15/h2-9,15H,10-12H2,1H3. The lowest BCUT2D eigenvalue weighted by Gasteiger charge is -2.23. The summed E-state index contributed by atoms with van der Waals surface area (Å²) in [6.07, 6.45) is 0.664. The van der Waals surface area contributed by atoms with E-state index in [2.05, 4.69) is 0 Å². The van der Waals surface area contributed by atoms with Crippen molar-refractivity contribution >= 4 is 5.97 Å². The molecule has 2 aromatic rings. The molecule has 0 saturated carbocycles. The molecule has 3 rings (SSSR count). The molecule has 2 aromatic carbocycles. The normalized spacial score (nSPS) is 16.3. The van der Waals surface area contributed by atoms with Gasteiger partial charge < -0.3 is 14.2 Å². The van der Waals surface area contributed by atoms with Gasteiger partial charge in [-0.25, -0.2) is 0 Å². The second-order valence-corrected chi connectivity index (χ2v) is 5.28. The maximum absolute atomic E-state index is 12.2. The van der Waals surface area contributed by atoms with E-state index >= 15 is 0 Å². The number of carbonyl (C=O) groups excluding carboxylic acids is 1. The Labute approximate surface area is 129 Å². The van der Waals surface area contributed by atoms with Crippen LogP contribution in [0.4, 0.5) is 0 Å². The Kier molecular flexibility index (Phi) is 4.28. The SMILES string of the molecule is COc1ccc(COC(=O)C2COc3ccccc3C2)cc1. The van der Waals surface area contributed by atoms with E-state index in [-0.39, 0.29) is 18.5 Å². The molecule has 0 amide bonds. The summed E-state index contributed by atoms with van der Waals surface area (Å²) in [5.74, 6) is 1.19. The summed E-state index contributed by atoms with van der Waals surface area (Å²) in [4.78, 5) is 12.2. The first kappa shape index (κ1) is 14.4. The van der Waals surface area contributed by atoms with Crippen molar-refractivity contribution in [2.75, 3.05) is 13.7 Å². The lowest BCUT2D eigenvalue weighted by Crippen LogP contribution is -2.29. The molecule has 0 saturated heterocycles. The number of esters is 1. The molecule has 1 aliphatic rings. The number of carbonyl (C=O) groups is 1. The maximum atomic E-state index is 12.2. The number of para-hydroxylation sites is 1. The predicted octanol–water partition coefficient (Wildman–Crippen LogP) is 2.99. The number of fused-ring (bicyclic) bond motifs is 1. The Morgan fingerprint density at radius 2 is 1.95 bits per heavy atom. The van der Waals surface area contributed by atoms with Gasteiger partial charge in [-0.3, -0.25) is 4.79 Å². The Morgan fingerprint density at radius 1 is 1.18 bits per heavy atom. The molecule has 0 bridgehead atoms. The Bertz CT molecular complexity index is 648. The third kappa shape index (κ3) is 3.22. The quantitative estimate of drug-likeness (QED) is 0.814. The van der Waals surface area contributed by atoms with Crippen LogP contribution in [-0.4, -0.2) is 19.7 Å². The molecule has 0 N–H and O–H groups in total. The fourth-order valence-electron chi connectivity index (χ4n) is 2.47. The van der Waals surface area contributed by atoms with Gasteiger partial charge in [0, 0.05) is 0 Å². The van der Waals surface area contributed by atoms with Crippen molar-refractivity contribution in [3.05, 3.63) is 59.7 Å². The highest BCUT2D eigenvalue weighted by molar-refractivity contribution is 5.73. The minimum Gasteiger partial charge on any atom is -0.497 e. The van der Waals surface area contributed by atoms with E-state index in [0.717, 1.165) is 22.6 Å². The van der Waals surface area contributed by atoms with E-state index in [1.807, 2.05) is 48.5 Å². The third-order valence-corrected chi connectivity index (χ3v) is 3.75. The second kappa shape index (κ2) is 6.52. The molecule has 1 atom stereocenters. The molecular weight excluding hydrogens is 280 g/mol. The van der Waals surface area contributed by atoms with Crippen LogP contribution in [0, 0.1) is 5.92 Å². The number of rotatable bonds is 4. The number of benzene rings is 2. The lowest BCUT2D eigenvalue weighted by atomic mass is 9.97. The number of hydrogen-bond acceptors (Lipinski definition) is 4. The van der Waals surface area contributed by atoms with E-state index < -0.39 is 0 Å². The zero-order valence-corrected chi connectivity index (χ0v) is 12.5. The van der Waals surface area contributed by atoms with Gasteiger partial charge in [0.1, 0.15) is 24.7 Å². The van der Waals surface area contributed by atoms with Gasteiger partial charge in [-0.15, -0.1) is 0 Å². The number of ether oxygens (including phenoxy) is 3. The molecule has 114 valence electrons. The molecule has 4 nitrogen and oxygen atoms in total. The molecule has 1 heterocycles. The fourth-order valence-corrected chi connectivity index (χ4v) is 2.47. The summed E-state index contributed by atoms with van der Waals surface area (Å²) in [5.41, 5.74) is 1.99. The van der Waals surface area contributed by atoms with Gasteiger partial charge in [0.2, 0.25) is 0 Å². The van der Waals surface area contributed by atoms with Crippen LogP contribution in [-0.2, 0) is 22.6 Å². The highest BCUT2D eigenvalue weighted by Crippen LogP contribution is 2.27. The molecule has 0 spiro atoms. The molecule has 4 heteroatoms. The molecule has 1 unspecified atom stereocenters. The topological polar surface area (TPSA) is 44.8 Å². The van der Waals surface area contributed by atoms with E-state index in [9.17, 15) is 4.79 Å². The van der Waals surface area contributed by atoms with Crippen molar-refractivity contribution in [1.29, 1.82) is 0 Å². The van der Waals surface area contributed by atoms with Gasteiger partial charge in [0.05, 0.1) is 13.0 Å². The fraction of sp³-hybridized carbons (Fsp3) is 0.278. The van der Waals surface area contributed by atoms with Crippen molar-refractivity contribution in [2.45, 2.75) is 13.0 Å². The monoisotopic (exact) mass is 298 g/mol. The van der Waals surface area contributed by atoms with E-state index in [4.69, 9.17) is 14.2 Å². The van der Waals surface area contributed by atoms with Gasteiger partial charge in [0.15, 0.2) is 0 Å². The summed E-state index contributed by atoms with van der Waals surface area (Å²) in [6.45, 7) is 0.638. The smallest absolute Gasteiger partial charge is 0.313 e. The van der Waals surface area contributed by atoms with Crippen LogP contribution in [0.15, 0.2) is 48.5 Å². The zero-order valence-electron chi connectivity index (χ0n) is 12.5. The lowest BCUT2D eigenvalue weighted by molar-refractivity contribution is -0.151. The summed E-state index contributed by atoms with van der Waals surface area (Å²) >= 11 is 0. The van der Waals surface area contributed by atoms with Crippen molar-refractivity contribution in [3.8, 4) is 11.5 Å². The minimum absolute atomic E-state index is 0.217. The van der Waals surface area contributed by atoms with Crippen molar-refractivity contribution in [1.82, 2.24) is 0 Å². The number of methoxy groups -OCH3 is 1. The highest BCUT2D eigenvalue weighted by atomic mass is 16.5. The van der Waals surface area contributed by atoms with Crippen LogP contribution in [0.25, 0.3) is 0 Å². The molecule has 0 radical (unpaired) electrons. The van der Waals surface area contributed by atoms with Crippen molar-refractivity contribution in [2.24, 2.45) is 5.92 Å². The van der Waals surface area contributed by atoms with Gasteiger partial charge in [-0.2, -0.15) is 0 Å². The van der Waals surface area contributed by atoms with Crippen LogP contribution in [0.2, 0.25) is 0 Å². The molecular formula is C18H18O4. The van der Waals surface area contributed by atoms with Crippen LogP contribution in [0.5, 0.6) is 11.5 Å². The van der Waals surface area contributed by atoms with Crippen LogP contribution < -0.4 is 9.47 Å². The summed E-state index contributed by atoms with van der Waals surface area (Å²) in [7, 11) is 1.62. The Morgan fingerprint density at radius 3 is 2.73 bits per heavy atom. The van der Waals surface area contributed by atoms with Gasteiger partial charge in [-0.1, -0.05) is 30.3 Å². The molecule has 0 fully saturated rings. The van der Waals surface area contributed by atoms with Gasteiger partial charge in [0.25, 0.3) is 0 Å². The van der Waals surface area contributed by atoms with Gasteiger partial charge >= 0.3 is 5.97 Å². The molecule has 0 aromatic heterocycles. The third-order valence-electron chi connectivity index (χ3n) is 3.75. The van der Waals surface area contributed by atoms with Crippen LogP contribution in [0.1, 0.15) is 11.1 Å². The zero-order chi connectivity index (χ0) is 15.4. The Balaban J connectivity index is 1.56. The van der Waals surface area contributed by atoms with Crippen molar-refractivity contribution in [3.63, 3.8) is 0 Å². The predicted molar refractivity (Wildman–Crippen MR) is 81.9 cm³/mol. The second-order valence-electron chi connectivity index (χ2n) is 5.28. The Hall–Kier alpha value is -2.49. The highest BCUT2D eigenvalue weighted by Gasteiger charge is 2.27. The van der Waals surface area contributed by atoms with Crippen molar-refractivity contribution < 1.29 is 19.0 Å². The van der Waals surface area contributed by atoms with Gasteiger partial charge in [-0.05, 0) is 35.7 Å². The summed E-state index contributed by atoms with van der Waals surface area (Å²) in [6, 6.07) is 15.3. The largest absolute Gasteiger partial charge is 0.497 e. The first-order valence-corrected chi connectivity index (χ1v) is 7.26. The average Bonchev–Trinajstić information content (AvgIpc) is 2.59. The summed E-state index contributed by atoms with van der Waals surface area (Å²) < 4.78 is 16.1. The van der Waals surface area contributed by atoms with Crippen LogP contribution in [0.3, 0.4) is 0 Å². The average molecular weight is 298 g/mol. The molecule has 22 heavy (non-hydrogen) atoms.